The summed E-state index contributed by atoms with van der Waals surface area (Å²) in [5, 5.41) is 0. The number of rotatable bonds is 1. The van der Waals surface area contributed by atoms with Gasteiger partial charge in [0.25, 0.3) is 0 Å². The van der Waals surface area contributed by atoms with Crippen LogP contribution in [0.3, 0.4) is 0 Å². The Morgan fingerprint density at radius 1 is 1.54 bits per heavy atom. The maximum atomic E-state index is 13.0. The highest BCUT2D eigenvalue weighted by molar-refractivity contribution is 6.17. The summed E-state index contributed by atoms with van der Waals surface area (Å²) in [6.07, 6.45) is 0.466. The van der Waals surface area contributed by atoms with E-state index in [2.05, 4.69) is 11.8 Å². The van der Waals surface area contributed by atoms with Gasteiger partial charge in [-0.1, -0.05) is 12.0 Å². The van der Waals surface area contributed by atoms with E-state index in [1.165, 1.54) is 6.07 Å². The Hall–Kier alpha value is -1.33. The Morgan fingerprint density at radius 3 is 2.85 bits per heavy atom. The molecule has 1 aromatic rings. The van der Waals surface area contributed by atoms with E-state index in [-0.39, 0.29) is 5.88 Å². The second kappa shape index (κ2) is 4.64. The van der Waals surface area contributed by atoms with Crippen molar-refractivity contribution in [2.24, 2.45) is 0 Å². The van der Waals surface area contributed by atoms with E-state index in [1.807, 2.05) is 0 Å². The summed E-state index contributed by atoms with van der Waals surface area (Å²) >= 11 is 5.46. The third kappa shape index (κ3) is 2.57. The first-order chi connectivity index (χ1) is 6.27. The van der Waals surface area contributed by atoms with Gasteiger partial charge in [0.2, 0.25) is 0 Å². The molecular formula is C10H6ClFO. The maximum Gasteiger partial charge on any atom is 0.193 e. The van der Waals surface area contributed by atoms with Crippen molar-refractivity contribution in [1.82, 2.24) is 0 Å². The third-order valence-corrected chi connectivity index (χ3v) is 1.76. The summed E-state index contributed by atoms with van der Waals surface area (Å²) in [5.41, 5.74) is 0.900. The molecule has 0 saturated carbocycles. The molecule has 0 aromatic heterocycles. The molecule has 0 bridgehead atoms. The van der Waals surface area contributed by atoms with Crippen LogP contribution in [0.1, 0.15) is 11.1 Å². The van der Waals surface area contributed by atoms with Crippen LogP contribution < -0.4 is 0 Å². The van der Waals surface area contributed by atoms with E-state index < -0.39 is 5.82 Å². The number of halogens is 2. The summed E-state index contributed by atoms with van der Waals surface area (Å²) in [6.45, 7) is 0. The van der Waals surface area contributed by atoms with Crippen molar-refractivity contribution >= 4 is 17.9 Å². The molecule has 0 radical (unpaired) electrons. The Labute approximate surface area is 80.5 Å². The highest BCUT2D eigenvalue weighted by atomic mass is 35.5. The largest absolute Gasteiger partial charge is 0.289 e. The maximum absolute atomic E-state index is 13.0. The van der Waals surface area contributed by atoms with Crippen molar-refractivity contribution in [2.75, 3.05) is 0 Å². The molecular weight excluding hydrogens is 191 g/mol. The van der Waals surface area contributed by atoms with Crippen molar-refractivity contribution in [1.29, 1.82) is 0 Å². The molecule has 0 spiro atoms. The molecule has 3 heteroatoms. The minimum atomic E-state index is -0.396. The van der Waals surface area contributed by atoms with Gasteiger partial charge in [0.15, 0.2) is 6.29 Å². The van der Waals surface area contributed by atoms with E-state index >= 15 is 0 Å². The molecule has 66 valence electrons. The lowest BCUT2D eigenvalue weighted by molar-refractivity contribution is -0.103. The first kappa shape index (κ1) is 9.76. The van der Waals surface area contributed by atoms with Crippen LogP contribution in [0.15, 0.2) is 18.2 Å². The molecule has 0 unspecified atom stereocenters. The molecule has 0 heterocycles. The molecule has 0 aliphatic heterocycles. The van der Waals surface area contributed by atoms with Crippen LogP contribution in [-0.2, 0) is 10.7 Å². The van der Waals surface area contributed by atoms with Gasteiger partial charge in [-0.05, 0) is 18.1 Å². The van der Waals surface area contributed by atoms with Crippen molar-refractivity contribution in [3.05, 3.63) is 35.1 Å². The van der Waals surface area contributed by atoms with Crippen LogP contribution in [0.2, 0.25) is 0 Å². The van der Waals surface area contributed by atoms with E-state index in [9.17, 15) is 9.18 Å². The van der Waals surface area contributed by atoms with Crippen LogP contribution in [0.4, 0.5) is 4.39 Å². The lowest BCUT2D eigenvalue weighted by Crippen LogP contribution is -1.86. The Morgan fingerprint density at radius 2 is 2.31 bits per heavy atom. The van der Waals surface area contributed by atoms with Crippen LogP contribution in [-0.4, -0.2) is 6.29 Å². The zero-order valence-corrected chi connectivity index (χ0v) is 7.44. The smallest absolute Gasteiger partial charge is 0.193 e. The van der Waals surface area contributed by atoms with Crippen molar-refractivity contribution in [2.45, 2.75) is 5.88 Å². The van der Waals surface area contributed by atoms with E-state index in [1.54, 1.807) is 12.1 Å². The van der Waals surface area contributed by atoms with Crippen LogP contribution >= 0.6 is 11.6 Å². The summed E-state index contributed by atoms with van der Waals surface area (Å²) in [4.78, 5) is 9.90. The molecule has 1 nitrogen and oxygen atoms in total. The molecule has 0 N–H and O–H groups in total. The van der Waals surface area contributed by atoms with Gasteiger partial charge < -0.3 is 0 Å². The number of hydrogen-bond donors (Lipinski definition) is 0. The highest BCUT2D eigenvalue weighted by Gasteiger charge is 1.99. The number of carbonyl (C=O) groups excluding carboxylic acids is 1. The molecule has 1 rings (SSSR count). The first-order valence-electron chi connectivity index (χ1n) is 3.57. The number of hydrogen-bond acceptors (Lipinski definition) is 1. The summed E-state index contributed by atoms with van der Waals surface area (Å²) in [7, 11) is 0. The summed E-state index contributed by atoms with van der Waals surface area (Å²) < 4.78 is 13.0. The van der Waals surface area contributed by atoms with Crippen molar-refractivity contribution in [3.63, 3.8) is 0 Å². The zero-order chi connectivity index (χ0) is 9.68. The molecule has 0 fully saturated rings. The van der Waals surface area contributed by atoms with Gasteiger partial charge in [-0.2, -0.15) is 0 Å². The summed E-state index contributed by atoms with van der Waals surface area (Å²) in [6, 6.07) is 4.43. The predicted molar refractivity (Wildman–Crippen MR) is 48.9 cm³/mol. The molecule has 13 heavy (non-hydrogen) atoms. The van der Waals surface area contributed by atoms with Crippen molar-refractivity contribution in [3.8, 4) is 11.8 Å². The second-order valence-electron chi connectivity index (χ2n) is 2.33. The second-order valence-corrected chi connectivity index (χ2v) is 2.59. The van der Waals surface area contributed by atoms with E-state index in [4.69, 9.17) is 11.6 Å². The minimum Gasteiger partial charge on any atom is -0.289 e. The highest BCUT2D eigenvalue weighted by Crippen LogP contribution is 2.11. The lowest BCUT2D eigenvalue weighted by atomic mass is 10.1. The number of alkyl halides is 1. The number of aldehydes is 1. The molecule has 0 aliphatic rings. The number of benzene rings is 1. The van der Waals surface area contributed by atoms with Gasteiger partial charge in [-0.3, -0.25) is 4.79 Å². The monoisotopic (exact) mass is 196 g/mol. The zero-order valence-electron chi connectivity index (χ0n) is 6.68. The Kier molecular flexibility index (Phi) is 3.48. The van der Waals surface area contributed by atoms with Gasteiger partial charge in [0.1, 0.15) is 5.82 Å². The fourth-order valence-electron chi connectivity index (χ4n) is 0.846. The molecule has 0 atom stereocenters. The van der Waals surface area contributed by atoms with Gasteiger partial charge in [-0.25, -0.2) is 4.39 Å². The van der Waals surface area contributed by atoms with Crippen LogP contribution in [0.25, 0.3) is 0 Å². The van der Waals surface area contributed by atoms with Gasteiger partial charge in [-0.15, -0.1) is 11.6 Å². The van der Waals surface area contributed by atoms with Gasteiger partial charge >= 0.3 is 0 Å². The molecule has 1 aromatic carbocycles. The summed E-state index contributed by atoms with van der Waals surface area (Å²) in [5.74, 6) is 4.42. The van der Waals surface area contributed by atoms with E-state index in [0.29, 0.717) is 17.4 Å². The lowest BCUT2D eigenvalue weighted by Gasteiger charge is -1.97. The Balaban J connectivity index is 3.02. The quantitative estimate of drug-likeness (QED) is 0.382. The SMILES string of the molecule is O=CC#Cc1ccc(CCl)c(F)c1. The average Bonchev–Trinajstić information content (AvgIpc) is 2.15. The van der Waals surface area contributed by atoms with Crippen molar-refractivity contribution < 1.29 is 9.18 Å². The van der Waals surface area contributed by atoms with Gasteiger partial charge in [0.05, 0.1) is 5.88 Å². The van der Waals surface area contributed by atoms with Crippen LogP contribution in [0, 0.1) is 17.7 Å². The van der Waals surface area contributed by atoms with E-state index in [0.717, 1.165) is 0 Å². The first-order valence-corrected chi connectivity index (χ1v) is 4.11. The average molecular weight is 197 g/mol. The molecule has 0 saturated heterocycles. The normalized spacial score (nSPS) is 8.77. The topological polar surface area (TPSA) is 17.1 Å². The fourth-order valence-corrected chi connectivity index (χ4v) is 1.06. The molecule has 0 aliphatic carbocycles. The minimum absolute atomic E-state index is 0.132. The van der Waals surface area contributed by atoms with Crippen LogP contribution in [0.5, 0.6) is 0 Å². The van der Waals surface area contributed by atoms with Gasteiger partial charge in [0, 0.05) is 11.1 Å². The fraction of sp³-hybridized carbons (Fsp3) is 0.100. The third-order valence-electron chi connectivity index (χ3n) is 1.47. The Bertz CT molecular complexity index is 376. The molecule has 0 amide bonds. The standard InChI is InChI=1S/C10H6ClFO/c11-7-9-4-3-8(2-1-5-13)6-10(9)12/h3-6H,7H2. The number of carbonyl (C=O) groups is 1. The predicted octanol–water partition coefficient (Wildman–Crippen LogP) is 2.11.